The highest BCUT2D eigenvalue weighted by Crippen LogP contribution is 2.30. The third-order valence-corrected chi connectivity index (χ3v) is 6.24. The van der Waals surface area contributed by atoms with E-state index in [4.69, 9.17) is 28.3 Å². The van der Waals surface area contributed by atoms with Gasteiger partial charge in [0.15, 0.2) is 11.2 Å². The van der Waals surface area contributed by atoms with E-state index in [-0.39, 0.29) is 29.7 Å². The molecular weight excluding hydrogens is 433 g/mol. The number of aliphatic carboxylic acids is 1. The van der Waals surface area contributed by atoms with Crippen LogP contribution < -0.4 is 16.6 Å². The molecule has 2 heterocycles. The average molecular weight is 452 g/mol. The zero-order valence-electron chi connectivity index (χ0n) is 16.2. The number of aryl methyl sites for hydroxylation is 2. The van der Waals surface area contributed by atoms with E-state index in [1.165, 1.54) is 4.57 Å². The van der Waals surface area contributed by atoms with Crippen molar-refractivity contribution >= 4 is 46.3 Å². The lowest BCUT2D eigenvalue weighted by atomic mass is 9.80. The number of carboxylic acid groups (broad SMARTS) is 1. The van der Waals surface area contributed by atoms with E-state index < -0.39 is 17.2 Å². The summed E-state index contributed by atoms with van der Waals surface area (Å²) in [6.45, 7) is 0.0369. The molecule has 158 valence electrons. The number of carboxylic acids is 1. The predicted octanol–water partition coefficient (Wildman–Crippen LogP) is 2.06. The van der Waals surface area contributed by atoms with Gasteiger partial charge >= 0.3 is 11.7 Å². The largest absolute Gasteiger partial charge is 0.481 e. The number of nitrogens with zero attached hydrogens (tertiary/aromatic N) is 4. The number of imidazole rings is 1. The lowest BCUT2D eigenvalue weighted by Crippen LogP contribution is -2.40. The van der Waals surface area contributed by atoms with Crippen LogP contribution in [0.5, 0.6) is 0 Å². The van der Waals surface area contributed by atoms with Crippen molar-refractivity contribution in [3.8, 4) is 0 Å². The molecule has 1 aliphatic rings. The fraction of sp³-hybridized carbons (Fsp3) is 0.368. The van der Waals surface area contributed by atoms with Gasteiger partial charge in [0.2, 0.25) is 5.95 Å². The maximum absolute atomic E-state index is 13.1. The number of fused-ring (bicyclic) bond motifs is 1. The summed E-state index contributed by atoms with van der Waals surface area (Å²) in [4.78, 5) is 41.4. The molecule has 2 N–H and O–H groups in total. The van der Waals surface area contributed by atoms with Gasteiger partial charge < -0.3 is 15.0 Å². The van der Waals surface area contributed by atoms with E-state index in [0.717, 1.165) is 4.57 Å². The average Bonchev–Trinajstić information content (AvgIpc) is 2.98. The van der Waals surface area contributed by atoms with Crippen molar-refractivity contribution in [2.24, 2.45) is 20.0 Å². The van der Waals surface area contributed by atoms with Crippen molar-refractivity contribution in [3.63, 3.8) is 0 Å². The molecule has 30 heavy (non-hydrogen) atoms. The van der Waals surface area contributed by atoms with Gasteiger partial charge in [0.1, 0.15) is 0 Å². The van der Waals surface area contributed by atoms with Crippen molar-refractivity contribution in [3.05, 3.63) is 54.6 Å². The number of hydrogen-bond acceptors (Lipinski definition) is 5. The van der Waals surface area contributed by atoms with Gasteiger partial charge in [0.05, 0.1) is 22.5 Å². The lowest BCUT2D eigenvalue weighted by Gasteiger charge is -2.33. The molecule has 9 nitrogen and oxygen atoms in total. The molecule has 0 spiro atoms. The van der Waals surface area contributed by atoms with Crippen LogP contribution in [0.1, 0.15) is 18.4 Å². The van der Waals surface area contributed by atoms with E-state index in [1.807, 2.05) is 0 Å². The van der Waals surface area contributed by atoms with Crippen molar-refractivity contribution in [1.29, 1.82) is 0 Å². The Morgan fingerprint density at radius 2 is 1.90 bits per heavy atom. The SMILES string of the molecule is Cn1c(N[C@H]2C[C@@H](C(=O)O)C2)nc2c1c(=O)n(Cc1ccc(Cl)c(Cl)c1)c(=O)n2C. The Bertz CT molecular complexity index is 1290. The molecule has 11 heteroatoms. The zero-order chi connectivity index (χ0) is 21.7. The van der Waals surface area contributed by atoms with Gasteiger partial charge in [-0.1, -0.05) is 29.3 Å². The minimum absolute atomic E-state index is 0.0369. The van der Waals surface area contributed by atoms with Gasteiger partial charge in [-0.15, -0.1) is 0 Å². The lowest BCUT2D eigenvalue weighted by molar-refractivity contribution is -0.144. The van der Waals surface area contributed by atoms with Crippen molar-refractivity contribution < 1.29 is 9.90 Å². The van der Waals surface area contributed by atoms with Crippen LogP contribution >= 0.6 is 23.2 Å². The van der Waals surface area contributed by atoms with E-state index >= 15 is 0 Å². The summed E-state index contributed by atoms with van der Waals surface area (Å²) in [6, 6.07) is 4.89. The standard InChI is InChI=1S/C19H19Cl2N5O4/c1-24-14-15(23-18(24)22-11-6-10(7-11)17(28)29)25(2)19(30)26(16(14)27)8-9-3-4-12(20)13(21)5-9/h3-5,10-11H,6-8H2,1-2H3,(H,22,23)(H,28,29)/t10-,11+. The molecule has 1 saturated carbocycles. The number of rotatable bonds is 5. The summed E-state index contributed by atoms with van der Waals surface area (Å²) in [7, 11) is 3.23. The van der Waals surface area contributed by atoms with Crippen LogP contribution in [0.3, 0.4) is 0 Å². The molecular formula is C19H19Cl2N5O4. The Labute approximate surface area is 180 Å². The molecule has 1 aliphatic carbocycles. The summed E-state index contributed by atoms with van der Waals surface area (Å²) in [5, 5.41) is 12.9. The second-order valence-corrected chi connectivity index (χ2v) is 8.31. The third kappa shape index (κ3) is 3.37. The molecule has 1 fully saturated rings. The second-order valence-electron chi connectivity index (χ2n) is 7.50. The normalized spacial score (nSPS) is 18.4. The first-order chi connectivity index (χ1) is 14.2. The van der Waals surface area contributed by atoms with E-state index in [1.54, 1.807) is 36.9 Å². The van der Waals surface area contributed by atoms with E-state index in [9.17, 15) is 14.4 Å². The number of benzene rings is 1. The number of aromatic nitrogens is 4. The molecule has 0 unspecified atom stereocenters. The van der Waals surface area contributed by atoms with Crippen molar-refractivity contribution in [2.75, 3.05) is 5.32 Å². The number of nitrogens with one attached hydrogen (secondary N) is 1. The van der Waals surface area contributed by atoms with Crippen LogP contribution in [0.4, 0.5) is 5.95 Å². The van der Waals surface area contributed by atoms with Gasteiger partial charge in [-0.05, 0) is 30.5 Å². The van der Waals surface area contributed by atoms with Gasteiger partial charge in [0, 0.05) is 20.1 Å². The summed E-state index contributed by atoms with van der Waals surface area (Å²) in [6.07, 6.45) is 0.970. The molecule has 2 aromatic heterocycles. The molecule has 4 rings (SSSR count). The molecule has 1 aromatic carbocycles. The fourth-order valence-corrected chi connectivity index (χ4v) is 3.97. The van der Waals surface area contributed by atoms with Crippen molar-refractivity contribution in [2.45, 2.75) is 25.4 Å². The van der Waals surface area contributed by atoms with Gasteiger partial charge in [-0.3, -0.25) is 18.7 Å². The monoisotopic (exact) mass is 451 g/mol. The zero-order valence-corrected chi connectivity index (χ0v) is 17.7. The van der Waals surface area contributed by atoms with Crippen LogP contribution in [-0.2, 0) is 25.4 Å². The van der Waals surface area contributed by atoms with Gasteiger partial charge in [-0.2, -0.15) is 4.98 Å². The Balaban J connectivity index is 1.72. The quantitative estimate of drug-likeness (QED) is 0.613. The number of anilines is 1. The molecule has 0 saturated heterocycles. The van der Waals surface area contributed by atoms with Gasteiger partial charge in [-0.25, -0.2) is 4.79 Å². The number of hydrogen-bond donors (Lipinski definition) is 2. The summed E-state index contributed by atoms with van der Waals surface area (Å²) >= 11 is 12.0. The van der Waals surface area contributed by atoms with Gasteiger partial charge in [0.25, 0.3) is 5.56 Å². The Hall–Kier alpha value is -2.78. The second kappa shape index (κ2) is 7.48. The number of halogens is 2. The smallest absolute Gasteiger partial charge is 0.332 e. The van der Waals surface area contributed by atoms with Crippen molar-refractivity contribution in [1.82, 2.24) is 18.7 Å². The minimum atomic E-state index is -0.814. The Morgan fingerprint density at radius 3 is 2.53 bits per heavy atom. The van der Waals surface area contributed by atoms with Crippen LogP contribution in [0.25, 0.3) is 11.2 Å². The molecule has 3 aromatic rings. The summed E-state index contributed by atoms with van der Waals surface area (Å²) in [5.74, 6) is -0.770. The molecule has 0 bridgehead atoms. The molecule has 0 radical (unpaired) electrons. The summed E-state index contributed by atoms with van der Waals surface area (Å²) in [5.41, 5.74) is 0.220. The van der Waals surface area contributed by atoms with E-state index in [0.29, 0.717) is 34.4 Å². The predicted molar refractivity (Wildman–Crippen MR) is 114 cm³/mol. The maximum atomic E-state index is 13.1. The highest BCUT2D eigenvalue weighted by molar-refractivity contribution is 6.42. The van der Waals surface area contributed by atoms with Crippen LogP contribution in [-0.4, -0.2) is 35.8 Å². The Kier molecular flexibility index (Phi) is 5.11. The number of carbonyl (C=O) groups is 1. The first-order valence-electron chi connectivity index (χ1n) is 9.27. The third-order valence-electron chi connectivity index (χ3n) is 5.51. The molecule has 0 amide bonds. The highest BCUT2D eigenvalue weighted by atomic mass is 35.5. The highest BCUT2D eigenvalue weighted by Gasteiger charge is 2.35. The minimum Gasteiger partial charge on any atom is -0.481 e. The van der Waals surface area contributed by atoms with Crippen LogP contribution in [0.15, 0.2) is 27.8 Å². The molecule has 0 aliphatic heterocycles. The maximum Gasteiger partial charge on any atom is 0.332 e. The molecule has 0 atom stereocenters. The first-order valence-corrected chi connectivity index (χ1v) is 10.0. The Morgan fingerprint density at radius 1 is 1.20 bits per heavy atom. The fourth-order valence-electron chi connectivity index (χ4n) is 3.65. The summed E-state index contributed by atoms with van der Waals surface area (Å²) < 4.78 is 4.04. The topological polar surface area (TPSA) is 111 Å². The van der Waals surface area contributed by atoms with Crippen LogP contribution in [0.2, 0.25) is 10.0 Å². The van der Waals surface area contributed by atoms with Crippen LogP contribution in [0, 0.1) is 5.92 Å². The first kappa shape index (κ1) is 20.5. The van der Waals surface area contributed by atoms with E-state index in [2.05, 4.69) is 10.3 Å².